The van der Waals surface area contributed by atoms with E-state index in [1.807, 2.05) is 24.6 Å². The van der Waals surface area contributed by atoms with Crippen LogP contribution in [0.3, 0.4) is 0 Å². The summed E-state index contributed by atoms with van der Waals surface area (Å²) in [5.41, 5.74) is 0.957. The number of methoxy groups -OCH3 is 1. The van der Waals surface area contributed by atoms with Crippen LogP contribution in [0, 0.1) is 0 Å². The number of ether oxygens (including phenoxy) is 1. The van der Waals surface area contributed by atoms with Gasteiger partial charge in [0.25, 0.3) is 0 Å². The standard InChI is InChI=1S/C12H20Cl2N4O.HI/c1-4-15-12(16-5-6-19-3)17-8-9-7-10(13)11(14)18(9)2;/h7H,4-6,8H2,1-3H3,(H2,15,16,17);1H. The van der Waals surface area contributed by atoms with Crippen molar-refractivity contribution in [3.63, 3.8) is 0 Å². The summed E-state index contributed by atoms with van der Waals surface area (Å²) in [5, 5.41) is 7.41. The minimum Gasteiger partial charge on any atom is -0.383 e. The first-order valence-corrected chi connectivity index (χ1v) is 6.86. The lowest BCUT2D eigenvalue weighted by Gasteiger charge is -2.10. The predicted molar refractivity (Wildman–Crippen MR) is 95.5 cm³/mol. The van der Waals surface area contributed by atoms with E-state index in [0.29, 0.717) is 29.9 Å². The minimum absolute atomic E-state index is 0. The summed E-state index contributed by atoms with van der Waals surface area (Å²) in [6.07, 6.45) is 0. The molecule has 0 spiro atoms. The molecule has 5 nitrogen and oxygen atoms in total. The molecule has 20 heavy (non-hydrogen) atoms. The van der Waals surface area contributed by atoms with E-state index in [1.165, 1.54) is 0 Å². The van der Waals surface area contributed by atoms with Crippen LogP contribution in [0.4, 0.5) is 0 Å². The molecule has 116 valence electrons. The van der Waals surface area contributed by atoms with Crippen LogP contribution in [0.2, 0.25) is 10.2 Å². The van der Waals surface area contributed by atoms with Gasteiger partial charge in [-0.05, 0) is 13.0 Å². The van der Waals surface area contributed by atoms with Crippen LogP contribution in [0.25, 0.3) is 0 Å². The molecule has 8 heteroatoms. The lowest BCUT2D eigenvalue weighted by atomic mass is 10.4. The number of hydrogen-bond acceptors (Lipinski definition) is 2. The van der Waals surface area contributed by atoms with Crippen molar-refractivity contribution in [2.24, 2.45) is 12.0 Å². The highest BCUT2D eigenvalue weighted by atomic mass is 127. The Hall–Kier alpha value is -0.180. The van der Waals surface area contributed by atoms with E-state index in [0.717, 1.165) is 18.2 Å². The van der Waals surface area contributed by atoms with Gasteiger partial charge in [0.2, 0.25) is 0 Å². The van der Waals surface area contributed by atoms with Crippen molar-refractivity contribution in [3.8, 4) is 0 Å². The first-order valence-electron chi connectivity index (χ1n) is 6.10. The van der Waals surface area contributed by atoms with Crippen LogP contribution in [-0.4, -0.2) is 37.3 Å². The number of nitrogens with one attached hydrogen (secondary N) is 2. The highest BCUT2D eigenvalue weighted by Crippen LogP contribution is 2.25. The molecule has 1 aromatic rings. The molecule has 0 aliphatic rings. The fourth-order valence-corrected chi connectivity index (χ4v) is 1.93. The van der Waals surface area contributed by atoms with E-state index < -0.39 is 0 Å². The van der Waals surface area contributed by atoms with Crippen LogP contribution in [0.1, 0.15) is 12.6 Å². The Morgan fingerprint density at radius 2 is 2.10 bits per heavy atom. The number of rotatable bonds is 6. The Kier molecular flexibility index (Phi) is 10.4. The Balaban J connectivity index is 0.00000361. The van der Waals surface area contributed by atoms with Crippen molar-refractivity contribution in [3.05, 3.63) is 21.9 Å². The normalized spacial score (nSPS) is 11.2. The van der Waals surface area contributed by atoms with Gasteiger partial charge in [0.05, 0.1) is 18.2 Å². The van der Waals surface area contributed by atoms with E-state index in [1.54, 1.807) is 7.11 Å². The maximum atomic E-state index is 6.01. The molecule has 1 heterocycles. The van der Waals surface area contributed by atoms with Gasteiger partial charge in [-0.3, -0.25) is 0 Å². The van der Waals surface area contributed by atoms with Crippen molar-refractivity contribution in [2.75, 3.05) is 26.8 Å². The second-order valence-corrected chi connectivity index (χ2v) is 4.71. The zero-order valence-electron chi connectivity index (χ0n) is 11.9. The molecule has 0 atom stereocenters. The molecule has 2 N–H and O–H groups in total. The first-order chi connectivity index (χ1) is 9.10. The fraction of sp³-hybridized carbons (Fsp3) is 0.583. The molecule has 0 aliphatic heterocycles. The highest BCUT2D eigenvalue weighted by Gasteiger charge is 2.08. The Bertz CT molecular complexity index is 437. The zero-order valence-corrected chi connectivity index (χ0v) is 15.7. The number of aromatic nitrogens is 1. The van der Waals surface area contributed by atoms with E-state index in [9.17, 15) is 0 Å². The molecular weight excluding hydrogens is 414 g/mol. The first kappa shape index (κ1) is 19.8. The van der Waals surface area contributed by atoms with Crippen molar-refractivity contribution in [1.29, 1.82) is 0 Å². The second kappa shape index (κ2) is 10.5. The summed E-state index contributed by atoms with van der Waals surface area (Å²) in [7, 11) is 3.53. The molecule has 1 aromatic heterocycles. The molecule has 0 saturated carbocycles. The second-order valence-electron chi connectivity index (χ2n) is 3.95. The average molecular weight is 435 g/mol. The number of guanidine groups is 1. The van der Waals surface area contributed by atoms with Crippen LogP contribution < -0.4 is 10.6 Å². The van der Waals surface area contributed by atoms with Crippen LogP contribution in [0.15, 0.2) is 11.1 Å². The predicted octanol–water partition coefficient (Wildman–Crippen LogP) is 2.65. The molecule has 0 aromatic carbocycles. The van der Waals surface area contributed by atoms with Gasteiger partial charge in [-0.25, -0.2) is 4.99 Å². The highest BCUT2D eigenvalue weighted by molar-refractivity contribution is 14.0. The molecular formula is C12H21Cl2IN4O. The van der Waals surface area contributed by atoms with Gasteiger partial charge < -0.3 is 19.9 Å². The lowest BCUT2D eigenvalue weighted by Crippen LogP contribution is -2.38. The number of halogens is 3. The monoisotopic (exact) mass is 434 g/mol. The van der Waals surface area contributed by atoms with Gasteiger partial charge in [-0.15, -0.1) is 24.0 Å². The van der Waals surface area contributed by atoms with Crippen molar-refractivity contribution in [1.82, 2.24) is 15.2 Å². The molecule has 0 fully saturated rings. The van der Waals surface area contributed by atoms with Gasteiger partial charge in [-0.1, -0.05) is 23.2 Å². The average Bonchev–Trinajstić information content (AvgIpc) is 2.64. The maximum Gasteiger partial charge on any atom is 0.191 e. The topological polar surface area (TPSA) is 50.6 Å². The molecule has 0 amide bonds. The van der Waals surface area contributed by atoms with E-state index in [2.05, 4.69) is 15.6 Å². The minimum atomic E-state index is 0. The summed E-state index contributed by atoms with van der Waals surface area (Å²) >= 11 is 12.0. The number of nitrogens with zero attached hydrogens (tertiary/aromatic N) is 2. The van der Waals surface area contributed by atoms with Crippen LogP contribution in [0.5, 0.6) is 0 Å². The maximum absolute atomic E-state index is 6.01. The van der Waals surface area contributed by atoms with Gasteiger partial charge in [-0.2, -0.15) is 0 Å². The molecule has 0 saturated heterocycles. The quantitative estimate of drug-likeness (QED) is 0.313. The molecule has 0 radical (unpaired) electrons. The van der Waals surface area contributed by atoms with Crippen molar-refractivity contribution < 1.29 is 4.74 Å². The lowest BCUT2D eigenvalue weighted by molar-refractivity contribution is 0.203. The largest absolute Gasteiger partial charge is 0.383 e. The van der Waals surface area contributed by atoms with E-state index in [4.69, 9.17) is 27.9 Å². The third kappa shape index (κ3) is 6.07. The van der Waals surface area contributed by atoms with Crippen LogP contribution >= 0.6 is 47.2 Å². The van der Waals surface area contributed by atoms with Crippen LogP contribution in [-0.2, 0) is 18.3 Å². The Morgan fingerprint density at radius 3 is 2.60 bits per heavy atom. The summed E-state index contributed by atoms with van der Waals surface area (Å²) in [6.45, 7) is 4.66. The Morgan fingerprint density at radius 1 is 1.40 bits per heavy atom. The third-order valence-corrected chi connectivity index (χ3v) is 3.40. The Labute approximate surface area is 147 Å². The van der Waals surface area contributed by atoms with Crippen molar-refractivity contribution >= 4 is 53.1 Å². The van der Waals surface area contributed by atoms with Gasteiger partial charge in [0, 0.05) is 32.9 Å². The number of aliphatic imine (C=N–C) groups is 1. The van der Waals surface area contributed by atoms with Gasteiger partial charge in [0.15, 0.2) is 5.96 Å². The van der Waals surface area contributed by atoms with Gasteiger partial charge >= 0.3 is 0 Å². The zero-order chi connectivity index (χ0) is 14.3. The smallest absolute Gasteiger partial charge is 0.191 e. The molecule has 1 rings (SSSR count). The van der Waals surface area contributed by atoms with E-state index >= 15 is 0 Å². The number of hydrogen-bond donors (Lipinski definition) is 2. The summed E-state index contributed by atoms with van der Waals surface area (Å²) in [6, 6.07) is 1.83. The van der Waals surface area contributed by atoms with E-state index in [-0.39, 0.29) is 24.0 Å². The molecule has 0 aliphatic carbocycles. The summed E-state index contributed by atoms with van der Waals surface area (Å²) < 4.78 is 6.81. The fourth-order valence-electron chi connectivity index (χ4n) is 1.51. The SMILES string of the molecule is CCNC(=NCc1cc(Cl)c(Cl)n1C)NCCOC.I. The van der Waals surface area contributed by atoms with Crippen molar-refractivity contribution in [2.45, 2.75) is 13.5 Å². The molecule has 0 bridgehead atoms. The third-order valence-electron chi connectivity index (χ3n) is 2.56. The summed E-state index contributed by atoms with van der Waals surface area (Å²) in [5.74, 6) is 0.744. The summed E-state index contributed by atoms with van der Waals surface area (Å²) in [4.78, 5) is 4.47. The molecule has 0 unspecified atom stereocenters. The van der Waals surface area contributed by atoms with Gasteiger partial charge in [0.1, 0.15) is 5.15 Å².